The van der Waals surface area contributed by atoms with Crippen molar-refractivity contribution in [3.8, 4) is 5.75 Å². The van der Waals surface area contributed by atoms with Crippen LogP contribution in [-0.4, -0.2) is 23.3 Å². The predicted octanol–water partition coefficient (Wildman–Crippen LogP) is 3.86. The lowest BCUT2D eigenvalue weighted by molar-refractivity contribution is -0.385. The summed E-state index contributed by atoms with van der Waals surface area (Å²) in [4.78, 5) is 35.2. The molecule has 8 nitrogen and oxygen atoms in total. The van der Waals surface area contributed by atoms with Crippen molar-refractivity contribution in [1.82, 2.24) is 0 Å². The van der Waals surface area contributed by atoms with Crippen LogP contribution in [-0.2, 0) is 4.79 Å². The van der Waals surface area contributed by atoms with E-state index < -0.39 is 17.4 Å². The van der Waals surface area contributed by atoms with Gasteiger partial charge in [-0.2, -0.15) is 0 Å². The number of nitrogens with zero attached hydrogens (tertiary/aromatic N) is 1. The van der Waals surface area contributed by atoms with Crippen molar-refractivity contribution in [2.45, 2.75) is 0 Å². The summed E-state index contributed by atoms with van der Waals surface area (Å²) in [5, 5.41) is 16.4. The Morgan fingerprint density at radius 3 is 2.28 bits per heavy atom. The number of ether oxygens (including phenoxy) is 1. The number of nitro groups is 1. The average molecular weight is 391 g/mol. The van der Waals surface area contributed by atoms with Gasteiger partial charge in [-0.15, -0.1) is 0 Å². The molecular weight excluding hydrogens is 374 g/mol. The van der Waals surface area contributed by atoms with Crippen molar-refractivity contribution >= 4 is 28.9 Å². The highest BCUT2D eigenvalue weighted by Crippen LogP contribution is 2.25. The Morgan fingerprint density at radius 1 is 0.862 bits per heavy atom. The molecule has 0 aliphatic rings. The normalized spacial score (nSPS) is 10.1. The van der Waals surface area contributed by atoms with Crippen LogP contribution in [0.1, 0.15) is 10.4 Å². The molecule has 0 unspecified atom stereocenters. The largest absolute Gasteiger partial charge is 0.477 e. The number of hydrogen-bond acceptors (Lipinski definition) is 5. The minimum Gasteiger partial charge on any atom is -0.477 e. The Balaban J connectivity index is 1.67. The lowest BCUT2D eigenvalue weighted by Gasteiger charge is -2.12. The van der Waals surface area contributed by atoms with Gasteiger partial charge in [0.15, 0.2) is 12.4 Å². The first kappa shape index (κ1) is 19.6. The molecular formula is C21H17N3O5. The molecule has 2 N–H and O–H groups in total. The summed E-state index contributed by atoms with van der Waals surface area (Å²) in [6, 6.07) is 21.2. The van der Waals surface area contributed by atoms with Crippen LogP contribution in [0.4, 0.5) is 17.1 Å². The molecule has 0 saturated heterocycles. The highest BCUT2D eigenvalue weighted by molar-refractivity contribution is 6.10. The van der Waals surface area contributed by atoms with E-state index in [1.54, 1.807) is 54.6 Å². The van der Waals surface area contributed by atoms with Gasteiger partial charge in [-0.3, -0.25) is 19.7 Å². The second kappa shape index (κ2) is 9.14. The minimum absolute atomic E-state index is 0.0113. The van der Waals surface area contributed by atoms with E-state index in [0.29, 0.717) is 11.4 Å². The van der Waals surface area contributed by atoms with E-state index in [9.17, 15) is 19.7 Å². The summed E-state index contributed by atoms with van der Waals surface area (Å²) in [5.74, 6) is -0.947. The summed E-state index contributed by atoms with van der Waals surface area (Å²) in [6.45, 7) is -0.445. The zero-order chi connectivity index (χ0) is 20.6. The summed E-state index contributed by atoms with van der Waals surface area (Å²) in [5.41, 5.74) is 0.966. The van der Waals surface area contributed by atoms with Gasteiger partial charge in [-0.05, 0) is 30.3 Å². The number of nitro benzene ring substituents is 1. The highest BCUT2D eigenvalue weighted by atomic mass is 16.6. The lowest BCUT2D eigenvalue weighted by atomic mass is 10.1. The predicted molar refractivity (Wildman–Crippen MR) is 108 cm³/mol. The van der Waals surface area contributed by atoms with Crippen LogP contribution < -0.4 is 15.4 Å². The highest BCUT2D eigenvalue weighted by Gasteiger charge is 2.17. The van der Waals surface area contributed by atoms with Crippen molar-refractivity contribution in [1.29, 1.82) is 0 Å². The van der Waals surface area contributed by atoms with Crippen LogP contribution >= 0.6 is 0 Å². The van der Waals surface area contributed by atoms with Crippen LogP contribution in [0, 0.1) is 10.1 Å². The molecule has 0 bridgehead atoms. The van der Waals surface area contributed by atoms with Crippen molar-refractivity contribution in [2.24, 2.45) is 0 Å². The number of carbonyl (C=O) groups is 2. The van der Waals surface area contributed by atoms with E-state index in [1.807, 2.05) is 6.07 Å². The number of rotatable bonds is 7. The third-order valence-electron chi connectivity index (χ3n) is 3.90. The molecule has 0 saturated carbocycles. The smallest absolute Gasteiger partial charge is 0.310 e. The van der Waals surface area contributed by atoms with Gasteiger partial charge >= 0.3 is 5.69 Å². The van der Waals surface area contributed by atoms with Gasteiger partial charge in [0.2, 0.25) is 0 Å². The second-order valence-electron chi connectivity index (χ2n) is 5.93. The molecule has 3 aromatic carbocycles. The topological polar surface area (TPSA) is 111 Å². The van der Waals surface area contributed by atoms with E-state index >= 15 is 0 Å². The third-order valence-corrected chi connectivity index (χ3v) is 3.90. The minimum atomic E-state index is -0.587. The first-order valence-corrected chi connectivity index (χ1v) is 8.66. The zero-order valence-electron chi connectivity index (χ0n) is 15.2. The molecule has 29 heavy (non-hydrogen) atoms. The van der Waals surface area contributed by atoms with Gasteiger partial charge in [-0.25, -0.2) is 0 Å². The molecule has 146 valence electrons. The van der Waals surface area contributed by atoms with Crippen LogP contribution in [0.3, 0.4) is 0 Å². The van der Waals surface area contributed by atoms with E-state index in [2.05, 4.69) is 10.6 Å². The standard InChI is InChI=1S/C21H17N3O5/c25-20(14-29-19-13-7-6-12-18(19)24(27)28)23-17-11-5-4-10-16(17)21(26)22-15-8-2-1-3-9-15/h1-13H,14H2,(H,22,26)(H,23,25). The first-order valence-electron chi connectivity index (χ1n) is 8.66. The number of para-hydroxylation sites is 4. The molecule has 0 aromatic heterocycles. The average Bonchev–Trinajstić information content (AvgIpc) is 2.73. The molecule has 3 rings (SSSR count). The molecule has 0 aliphatic carbocycles. The third kappa shape index (κ3) is 5.16. The van der Waals surface area contributed by atoms with E-state index in [0.717, 1.165) is 0 Å². The summed E-state index contributed by atoms with van der Waals surface area (Å²) < 4.78 is 5.27. The molecule has 0 fully saturated rings. The van der Waals surface area contributed by atoms with Crippen molar-refractivity contribution < 1.29 is 19.2 Å². The Labute approximate surface area is 166 Å². The maximum absolute atomic E-state index is 12.5. The van der Waals surface area contributed by atoms with Crippen molar-refractivity contribution in [2.75, 3.05) is 17.2 Å². The fraction of sp³-hybridized carbons (Fsp3) is 0.0476. The fourth-order valence-electron chi connectivity index (χ4n) is 2.57. The number of hydrogen-bond donors (Lipinski definition) is 2. The molecule has 0 aliphatic heterocycles. The molecule has 8 heteroatoms. The number of amides is 2. The maximum Gasteiger partial charge on any atom is 0.310 e. The molecule has 0 heterocycles. The summed E-state index contributed by atoms with van der Waals surface area (Å²) >= 11 is 0. The van der Waals surface area contributed by atoms with Crippen molar-refractivity contribution in [3.63, 3.8) is 0 Å². The maximum atomic E-state index is 12.5. The number of nitrogens with one attached hydrogen (secondary N) is 2. The number of benzene rings is 3. The second-order valence-corrected chi connectivity index (χ2v) is 5.93. The van der Waals surface area contributed by atoms with Gasteiger partial charge in [0, 0.05) is 11.8 Å². The number of anilines is 2. The zero-order valence-corrected chi connectivity index (χ0v) is 15.2. The molecule has 0 spiro atoms. The summed E-state index contributed by atoms with van der Waals surface area (Å²) in [6.07, 6.45) is 0. The monoisotopic (exact) mass is 391 g/mol. The summed E-state index contributed by atoms with van der Waals surface area (Å²) in [7, 11) is 0. The van der Waals surface area contributed by atoms with Crippen LogP contribution in [0.5, 0.6) is 5.75 Å². The van der Waals surface area contributed by atoms with Gasteiger partial charge in [-0.1, -0.05) is 42.5 Å². The molecule has 0 radical (unpaired) electrons. The van der Waals surface area contributed by atoms with Crippen molar-refractivity contribution in [3.05, 3.63) is 94.5 Å². The lowest BCUT2D eigenvalue weighted by Crippen LogP contribution is -2.23. The Morgan fingerprint density at radius 2 is 1.52 bits per heavy atom. The van der Waals surface area contributed by atoms with Gasteiger partial charge in [0.1, 0.15) is 0 Å². The SMILES string of the molecule is O=C(COc1ccccc1[N+](=O)[O-])Nc1ccccc1C(=O)Nc1ccccc1. The Hall–Kier alpha value is -4.20. The van der Waals surface area contributed by atoms with Gasteiger partial charge < -0.3 is 15.4 Å². The first-order chi connectivity index (χ1) is 14.0. The van der Waals surface area contributed by atoms with Crippen LogP contribution in [0.15, 0.2) is 78.9 Å². The van der Waals surface area contributed by atoms with E-state index in [4.69, 9.17) is 4.74 Å². The molecule has 3 aromatic rings. The number of carbonyl (C=O) groups excluding carboxylic acids is 2. The Kier molecular flexibility index (Phi) is 6.16. The van der Waals surface area contributed by atoms with Gasteiger partial charge in [0.25, 0.3) is 11.8 Å². The molecule has 2 amide bonds. The fourth-order valence-corrected chi connectivity index (χ4v) is 2.57. The van der Waals surface area contributed by atoms with Gasteiger partial charge in [0.05, 0.1) is 16.2 Å². The molecule has 0 atom stereocenters. The Bertz CT molecular complexity index is 1040. The van der Waals surface area contributed by atoms with Crippen LogP contribution in [0.2, 0.25) is 0 Å². The van der Waals surface area contributed by atoms with E-state index in [-0.39, 0.29) is 22.9 Å². The quantitative estimate of drug-likeness (QED) is 0.469. The van der Waals surface area contributed by atoms with E-state index in [1.165, 1.54) is 18.2 Å². The van der Waals surface area contributed by atoms with Crippen LogP contribution in [0.25, 0.3) is 0 Å².